The molecule has 0 radical (unpaired) electrons. The van der Waals surface area contributed by atoms with E-state index in [-0.39, 0.29) is 0 Å². The molecule has 0 bridgehead atoms. The first-order chi connectivity index (χ1) is 8.65. The fourth-order valence-electron chi connectivity index (χ4n) is 1.81. The van der Waals surface area contributed by atoms with Crippen molar-refractivity contribution < 1.29 is 5.11 Å². The highest BCUT2D eigenvalue weighted by atomic mass is 79.9. The van der Waals surface area contributed by atoms with E-state index in [0.717, 1.165) is 21.3 Å². The predicted molar refractivity (Wildman–Crippen MR) is 78.8 cm³/mol. The third-order valence-corrected chi connectivity index (χ3v) is 3.24. The summed E-state index contributed by atoms with van der Waals surface area (Å²) in [5.41, 5.74) is 3.10. The van der Waals surface area contributed by atoms with Crippen LogP contribution in [0.1, 0.15) is 17.2 Å². The quantitative estimate of drug-likeness (QED) is 0.898. The number of aryl methyl sites for hydroxylation is 1. The van der Waals surface area contributed by atoms with E-state index < -0.39 is 6.10 Å². The largest absolute Gasteiger partial charge is 0.387 e. The van der Waals surface area contributed by atoms with Crippen molar-refractivity contribution in [3.8, 4) is 0 Å². The van der Waals surface area contributed by atoms with Gasteiger partial charge in [0.15, 0.2) is 0 Å². The fraction of sp³-hybridized carbons (Fsp3) is 0.200. The van der Waals surface area contributed by atoms with Gasteiger partial charge in [0.1, 0.15) is 0 Å². The van der Waals surface area contributed by atoms with Gasteiger partial charge in [0.2, 0.25) is 0 Å². The Kier molecular flexibility index (Phi) is 4.39. The molecule has 2 N–H and O–H groups in total. The maximum absolute atomic E-state index is 10.1. The molecule has 18 heavy (non-hydrogen) atoms. The van der Waals surface area contributed by atoms with Gasteiger partial charge in [-0.1, -0.05) is 51.8 Å². The Morgan fingerprint density at radius 1 is 1.17 bits per heavy atom. The molecule has 2 aromatic carbocycles. The Bertz CT molecular complexity index is 527. The number of aliphatic hydroxyl groups excluding tert-OH is 1. The lowest BCUT2D eigenvalue weighted by molar-refractivity contribution is 0.191. The van der Waals surface area contributed by atoms with Gasteiger partial charge in [0.05, 0.1) is 6.10 Å². The summed E-state index contributed by atoms with van der Waals surface area (Å²) in [4.78, 5) is 0. The summed E-state index contributed by atoms with van der Waals surface area (Å²) in [6, 6.07) is 15.8. The van der Waals surface area contributed by atoms with Gasteiger partial charge < -0.3 is 10.4 Å². The van der Waals surface area contributed by atoms with Crippen molar-refractivity contribution in [1.82, 2.24) is 0 Å². The van der Waals surface area contributed by atoms with Gasteiger partial charge in [0, 0.05) is 16.7 Å². The summed E-state index contributed by atoms with van der Waals surface area (Å²) in [6.07, 6.45) is -0.496. The summed E-state index contributed by atoms with van der Waals surface area (Å²) < 4.78 is 1.03. The monoisotopic (exact) mass is 305 g/mol. The number of nitrogens with one attached hydrogen (secondary N) is 1. The molecule has 0 fully saturated rings. The SMILES string of the molecule is Cc1cccc(C(O)CNc2cccc(Br)c2)c1. The number of halogens is 1. The summed E-state index contributed by atoms with van der Waals surface area (Å²) >= 11 is 3.42. The van der Waals surface area contributed by atoms with Crippen LogP contribution in [0.3, 0.4) is 0 Å². The zero-order valence-electron chi connectivity index (χ0n) is 10.2. The molecule has 0 saturated heterocycles. The first kappa shape index (κ1) is 13.1. The van der Waals surface area contributed by atoms with Crippen molar-refractivity contribution in [2.24, 2.45) is 0 Å². The summed E-state index contributed by atoms with van der Waals surface area (Å²) in [5, 5.41) is 13.3. The molecule has 0 aliphatic rings. The van der Waals surface area contributed by atoms with E-state index in [9.17, 15) is 5.11 Å². The van der Waals surface area contributed by atoms with Crippen LogP contribution < -0.4 is 5.32 Å². The molecule has 0 saturated carbocycles. The average Bonchev–Trinajstić information content (AvgIpc) is 2.36. The maximum Gasteiger partial charge on any atom is 0.0962 e. The molecule has 2 nitrogen and oxygen atoms in total. The van der Waals surface area contributed by atoms with Crippen LogP contribution in [0, 0.1) is 6.92 Å². The number of aliphatic hydroxyl groups is 1. The number of hydrogen-bond acceptors (Lipinski definition) is 2. The van der Waals surface area contributed by atoms with Gasteiger partial charge in [0.25, 0.3) is 0 Å². The van der Waals surface area contributed by atoms with E-state index >= 15 is 0 Å². The zero-order chi connectivity index (χ0) is 13.0. The Balaban J connectivity index is 1.98. The lowest BCUT2D eigenvalue weighted by atomic mass is 10.1. The molecule has 1 atom stereocenters. The molecule has 1 unspecified atom stereocenters. The fourth-order valence-corrected chi connectivity index (χ4v) is 2.21. The van der Waals surface area contributed by atoms with Gasteiger partial charge in [-0.15, -0.1) is 0 Å². The highest BCUT2D eigenvalue weighted by molar-refractivity contribution is 9.10. The van der Waals surface area contributed by atoms with Crippen LogP contribution in [0.15, 0.2) is 53.0 Å². The molecular formula is C15H16BrNO. The third-order valence-electron chi connectivity index (χ3n) is 2.75. The lowest BCUT2D eigenvalue weighted by Crippen LogP contribution is -2.12. The molecule has 3 heteroatoms. The molecular weight excluding hydrogens is 290 g/mol. The van der Waals surface area contributed by atoms with Crippen molar-refractivity contribution >= 4 is 21.6 Å². The Morgan fingerprint density at radius 2 is 1.94 bits per heavy atom. The van der Waals surface area contributed by atoms with E-state index in [1.807, 2.05) is 55.5 Å². The number of rotatable bonds is 4. The normalized spacial score (nSPS) is 12.2. The Labute approximate surface area is 116 Å². The van der Waals surface area contributed by atoms with Gasteiger partial charge in [-0.25, -0.2) is 0 Å². The Hall–Kier alpha value is -1.32. The minimum atomic E-state index is -0.496. The molecule has 0 spiro atoms. The first-order valence-electron chi connectivity index (χ1n) is 5.89. The van der Waals surface area contributed by atoms with E-state index in [4.69, 9.17) is 0 Å². The summed E-state index contributed by atoms with van der Waals surface area (Å²) in [5.74, 6) is 0. The second-order valence-corrected chi connectivity index (χ2v) is 5.24. The van der Waals surface area contributed by atoms with Crippen LogP contribution in [-0.2, 0) is 0 Å². The lowest BCUT2D eigenvalue weighted by Gasteiger charge is -2.14. The molecule has 2 rings (SSSR count). The summed E-state index contributed by atoms with van der Waals surface area (Å²) in [6.45, 7) is 2.53. The van der Waals surface area contributed by atoms with Gasteiger partial charge >= 0.3 is 0 Å². The van der Waals surface area contributed by atoms with E-state index in [2.05, 4.69) is 21.2 Å². The second kappa shape index (κ2) is 6.03. The number of benzene rings is 2. The molecule has 2 aromatic rings. The van der Waals surface area contributed by atoms with E-state index in [0.29, 0.717) is 6.54 Å². The molecule has 0 amide bonds. The number of anilines is 1. The van der Waals surface area contributed by atoms with Crippen LogP contribution in [0.2, 0.25) is 0 Å². The van der Waals surface area contributed by atoms with Gasteiger partial charge in [-0.3, -0.25) is 0 Å². The minimum Gasteiger partial charge on any atom is -0.387 e. The number of hydrogen-bond donors (Lipinski definition) is 2. The molecule has 0 aliphatic carbocycles. The third kappa shape index (κ3) is 3.59. The van der Waals surface area contributed by atoms with E-state index in [1.165, 1.54) is 0 Å². The standard InChI is InChI=1S/C15H16BrNO/c1-11-4-2-5-12(8-11)15(18)10-17-14-7-3-6-13(16)9-14/h2-9,15,17-18H,10H2,1H3. The van der Waals surface area contributed by atoms with Gasteiger partial charge in [-0.05, 0) is 30.7 Å². The van der Waals surface area contributed by atoms with Crippen molar-refractivity contribution in [3.63, 3.8) is 0 Å². The highest BCUT2D eigenvalue weighted by Crippen LogP contribution is 2.18. The van der Waals surface area contributed by atoms with Crippen molar-refractivity contribution in [2.45, 2.75) is 13.0 Å². The maximum atomic E-state index is 10.1. The van der Waals surface area contributed by atoms with Crippen LogP contribution in [-0.4, -0.2) is 11.7 Å². The topological polar surface area (TPSA) is 32.3 Å². The van der Waals surface area contributed by atoms with Crippen molar-refractivity contribution in [1.29, 1.82) is 0 Å². The Morgan fingerprint density at radius 3 is 2.67 bits per heavy atom. The van der Waals surface area contributed by atoms with Crippen LogP contribution in [0.25, 0.3) is 0 Å². The van der Waals surface area contributed by atoms with Crippen molar-refractivity contribution in [2.75, 3.05) is 11.9 Å². The van der Waals surface area contributed by atoms with Crippen LogP contribution in [0.4, 0.5) is 5.69 Å². The smallest absolute Gasteiger partial charge is 0.0962 e. The second-order valence-electron chi connectivity index (χ2n) is 4.32. The van der Waals surface area contributed by atoms with Crippen LogP contribution >= 0.6 is 15.9 Å². The molecule has 0 heterocycles. The first-order valence-corrected chi connectivity index (χ1v) is 6.68. The molecule has 0 aliphatic heterocycles. The summed E-state index contributed by atoms with van der Waals surface area (Å²) in [7, 11) is 0. The molecule has 94 valence electrons. The average molecular weight is 306 g/mol. The zero-order valence-corrected chi connectivity index (χ0v) is 11.8. The van der Waals surface area contributed by atoms with Gasteiger partial charge in [-0.2, -0.15) is 0 Å². The van der Waals surface area contributed by atoms with Crippen molar-refractivity contribution in [3.05, 3.63) is 64.1 Å². The van der Waals surface area contributed by atoms with Crippen LogP contribution in [0.5, 0.6) is 0 Å². The highest BCUT2D eigenvalue weighted by Gasteiger charge is 2.07. The minimum absolute atomic E-state index is 0.496. The predicted octanol–water partition coefficient (Wildman–Crippen LogP) is 3.90. The molecule has 0 aromatic heterocycles. The van der Waals surface area contributed by atoms with E-state index in [1.54, 1.807) is 0 Å².